The van der Waals surface area contributed by atoms with Gasteiger partial charge in [0.2, 0.25) is 5.91 Å². The molecular formula is C12H17N5O2. The summed E-state index contributed by atoms with van der Waals surface area (Å²) >= 11 is 0. The van der Waals surface area contributed by atoms with Gasteiger partial charge in [-0.3, -0.25) is 9.59 Å². The predicted octanol–water partition coefficient (Wildman–Crippen LogP) is -0.844. The lowest BCUT2D eigenvalue weighted by Crippen LogP contribution is -2.49. The molecule has 0 aliphatic carbocycles. The predicted molar refractivity (Wildman–Crippen MR) is 68.2 cm³/mol. The van der Waals surface area contributed by atoms with E-state index in [4.69, 9.17) is 5.73 Å². The fraction of sp³-hybridized carbons (Fsp3) is 0.500. The number of hydrogen-bond acceptors (Lipinski definition) is 5. The minimum atomic E-state index is -0.506. The van der Waals surface area contributed by atoms with Gasteiger partial charge in [0.05, 0.1) is 24.5 Å². The molecule has 7 nitrogen and oxygen atoms in total. The first-order valence-electron chi connectivity index (χ1n) is 6.25. The molecule has 0 radical (unpaired) electrons. The molecule has 2 amide bonds. The smallest absolute Gasteiger partial charge is 0.256 e. The van der Waals surface area contributed by atoms with Crippen LogP contribution in [0.15, 0.2) is 18.5 Å². The molecule has 0 saturated carbocycles. The third-order valence-corrected chi connectivity index (χ3v) is 3.17. The highest BCUT2D eigenvalue weighted by atomic mass is 16.2. The van der Waals surface area contributed by atoms with Crippen molar-refractivity contribution in [1.29, 1.82) is 0 Å². The largest absolute Gasteiger partial charge is 0.368 e. The van der Waals surface area contributed by atoms with Crippen LogP contribution >= 0.6 is 0 Å². The van der Waals surface area contributed by atoms with Crippen LogP contribution in [0.25, 0.3) is 0 Å². The maximum absolute atomic E-state index is 12.4. The fourth-order valence-electron chi connectivity index (χ4n) is 2.24. The molecule has 2 rings (SSSR count). The summed E-state index contributed by atoms with van der Waals surface area (Å²) in [5, 5.41) is 10.5. The molecule has 1 fully saturated rings. The topological polar surface area (TPSA) is 101 Å². The van der Waals surface area contributed by atoms with Gasteiger partial charge in [0.1, 0.15) is 0 Å². The van der Waals surface area contributed by atoms with E-state index < -0.39 is 5.91 Å². The van der Waals surface area contributed by atoms with E-state index in [1.54, 1.807) is 11.0 Å². The summed E-state index contributed by atoms with van der Waals surface area (Å²) in [6, 6.07) is 1.62. The highest BCUT2D eigenvalue weighted by Gasteiger charge is 2.27. The number of nitrogens with two attached hydrogens (primary N) is 1. The average Bonchev–Trinajstić information content (AvgIpc) is 2.46. The molecule has 0 spiro atoms. The van der Waals surface area contributed by atoms with Gasteiger partial charge >= 0.3 is 0 Å². The first kappa shape index (κ1) is 13.4. The van der Waals surface area contributed by atoms with E-state index in [9.17, 15) is 9.59 Å². The lowest BCUT2D eigenvalue weighted by Gasteiger charge is -2.33. The van der Waals surface area contributed by atoms with Crippen molar-refractivity contribution in [2.75, 3.05) is 19.6 Å². The Kier molecular flexibility index (Phi) is 4.40. The van der Waals surface area contributed by atoms with E-state index in [0.717, 1.165) is 25.9 Å². The van der Waals surface area contributed by atoms with Gasteiger partial charge in [-0.15, -0.1) is 0 Å². The Morgan fingerprint density at radius 1 is 1.37 bits per heavy atom. The first-order chi connectivity index (χ1) is 9.18. The van der Waals surface area contributed by atoms with Gasteiger partial charge in [-0.2, -0.15) is 10.2 Å². The fourth-order valence-corrected chi connectivity index (χ4v) is 2.24. The summed E-state index contributed by atoms with van der Waals surface area (Å²) < 4.78 is 0. The van der Waals surface area contributed by atoms with Crippen LogP contribution < -0.4 is 11.1 Å². The summed E-state index contributed by atoms with van der Waals surface area (Å²) in [6.07, 6.45) is 4.49. The number of carbonyl (C=O) groups excluding carboxylic acids is 2. The maximum atomic E-state index is 12.4. The molecular weight excluding hydrogens is 246 g/mol. The highest BCUT2D eigenvalue weighted by Crippen LogP contribution is 2.14. The summed E-state index contributed by atoms with van der Waals surface area (Å²) in [4.78, 5) is 25.1. The zero-order valence-electron chi connectivity index (χ0n) is 10.6. The summed E-state index contributed by atoms with van der Waals surface area (Å²) in [5.74, 6) is -0.727. The molecule has 1 saturated heterocycles. The maximum Gasteiger partial charge on any atom is 0.256 e. The van der Waals surface area contributed by atoms with E-state index in [-0.39, 0.29) is 18.5 Å². The number of hydrogen-bond donors (Lipinski definition) is 2. The van der Waals surface area contributed by atoms with Crippen LogP contribution in [-0.2, 0) is 4.79 Å². The molecule has 1 aliphatic heterocycles. The summed E-state index contributed by atoms with van der Waals surface area (Å²) in [7, 11) is 0. The number of aromatic nitrogens is 2. The Morgan fingerprint density at radius 3 is 2.68 bits per heavy atom. The third kappa shape index (κ3) is 3.47. The molecule has 0 atom stereocenters. The van der Waals surface area contributed by atoms with Gasteiger partial charge in [0.25, 0.3) is 5.91 Å². The molecule has 0 aromatic carbocycles. The number of carbonyl (C=O) groups is 2. The second-order valence-corrected chi connectivity index (χ2v) is 4.51. The SMILES string of the molecule is NC(=O)CN(C(=O)c1ccnnc1)C1CCNCC1. The molecule has 3 N–H and O–H groups in total. The van der Waals surface area contributed by atoms with Crippen LogP contribution in [0.5, 0.6) is 0 Å². The number of rotatable bonds is 4. The lowest BCUT2D eigenvalue weighted by atomic mass is 10.0. The molecule has 0 bridgehead atoms. The molecule has 0 unspecified atom stereocenters. The minimum Gasteiger partial charge on any atom is -0.368 e. The zero-order chi connectivity index (χ0) is 13.7. The Balaban J connectivity index is 2.16. The van der Waals surface area contributed by atoms with Gasteiger partial charge < -0.3 is 16.0 Å². The van der Waals surface area contributed by atoms with Gasteiger partial charge in [-0.25, -0.2) is 0 Å². The minimum absolute atomic E-state index is 0.0365. The van der Waals surface area contributed by atoms with Crippen molar-refractivity contribution in [2.24, 2.45) is 5.73 Å². The van der Waals surface area contributed by atoms with Crippen LogP contribution in [0.4, 0.5) is 0 Å². The van der Waals surface area contributed by atoms with E-state index in [1.807, 2.05) is 0 Å². The van der Waals surface area contributed by atoms with Crippen molar-refractivity contribution in [3.63, 3.8) is 0 Å². The lowest BCUT2D eigenvalue weighted by molar-refractivity contribution is -0.119. The Bertz CT molecular complexity index is 445. The van der Waals surface area contributed by atoms with Gasteiger partial charge in [-0.05, 0) is 32.0 Å². The monoisotopic (exact) mass is 263 g/mol. The molecule has 102 valence electrons. The van der Waals surface area contributed by atoms with Crippen molar-refractivity contribution in [2.45, 2.75) is 18.9 Å². The molecule has 2 heterocycles. The van der Waals surface area contributed by atoms with Crippen molar-refractivity contribution in [3.05, 3.63) is 24.0 Å². The van der Waals surface area contributed by atoms with Crippen LogP contribution in [0.3, 0.4) is 0 Å². The van der Waals surface area contributed by atoms with E-state index >= 15 is 0 Å². The number of nitrogens with one attached hydrogen (secondary N) is 1. The number of nitrogens with zero attached hydrogens (tertiary/aromatic N) is 3. The number of amides is 2. The molecule has 1 aromatic heterocycles. The third-order valence-electron chi connectivity index (χ3n) is 3.17. The standard InChI is InChI=1S/C12H17N5O2/c13-11(18)8-17(10-2-4-14-5-3-10)12(19)9-1-6-15-16-7-9/h1,6-7,10,14H,2-5,8H2,(H2,13,18). The van der Waals surface area contributed by atoms with Gasteiger partial charge in [0, 0.05) is 6.04 Å². The summed E-state index contributed by atoms with van der Waals surface area (Å²) in [5.41, 5.74) is 5.67. The highest BCUT2D eigenvalue weighted by molar-refractivity contribution is 5.96. The number of primary amides is 1. The van der Waals surface area contributed by atoms with E-state index in [0.29, 0.717) is 5.56 Å². The summed E-state index contributed by atoms with van der Waals surface area (Å²) in [6.45, 7) is 1.61. The van der Waals surface area contributed by atoms with E-state index in [1.165, 1.54) is 12.4 Å². The van der Waals surface area contributed by atoms with Crippen molar-refractivity contribution < 1.29 is 9.59 Å². The Morgan fingerprint density at radius 2 is 2.11 bits per heavy atom. The van der Waals surface area contributed by atoms with Crippen molar-refractivity contribution in [3.8, 4) is 0 Å². The van der Waals surface area contributed by atoms with Crippen molar-refractivity contribution in [1.82, 2.24) is 20.4 Å². The van der Waals surface area contributed by atoms with Crippen LogP contribution in [-0.4, -0.2) is 52.6 Å². The second kappa shape index (κ2) is 6.24. The quantitative estimate of drug-likeness (QED) is 0.737. The number of piperidine rings is 1. The Labute approximate surface area is 111 Å². The average molecular weight is 263 g/mol. The Hall–Kier alpha value is -2.02. The van der Waals surface area contributed by atoms with Gasteiger partial charge in [-0.1, -0.05) is 0 Å². The first-order valence-corrected chi connectivity index (χ1v) is 6.25. The molecule has 19 heavy (non-hydrogen) atoms. The normalized spacial score (nSPS) is 16.0. The van der Waals surface area contributed by atoms with Crippen molar-refractivity contribution >= 4 is 11.8 Å². The molecule has 1 aromatic rings. The van der Waals surface area contributed by atoms with E-state index in [2.05, 4.69) is 15.5 Å². The zero-order valence-corrected chi connectivity index (χ0v) is 10.6. The van der Waals surface area contributed by atoms with Crippen LogP contribution in [0.1, 0.15) is 23.2 Å². The second-order valence-electron chi connectivity index (χ2n) is 4.51. The van der Waals surface area contributed by atoms with Crippen LogP contribution in [0, 0.1) is 0 Å². The molecule has 7 heteroatoms. The van der Waals surface area contributed by atoms with Crippen LogP contribution in [0.2, 0.25) is 0 Å². The van der Waals surface area contributed by atoms with Gasteiger partial charge in [0.15, 0.2) is 0 Å². The molecule has 1 aliphatic rings.